The van der Waals surface area contributed by atoms with Crippen molar-refractivity contribution in [2.45, 2.75) is 39.7 Å². The number of ether oxygens (including phenoxy) is 1. The van der Waals surface area contributed by atoms with E-state index in [1.54, 1.807) is 13.2 Å². The Morgan fingerprint density at radius 1 is 1.06 bits per heavy atom. The lowest BCUT2D eigenvalue weighted by Gasteiger charge is -2.33. The largest absolute Gasteiger partial charge is 0.508 e. The lowest BCUT2D eigenvalue weighted by Crippen LogP contribution is -2.37. The molecule has 0 bridgehead atoms. The van der Waals surface area contributed by atoms with Crippen LogP contribution in [0.5, 0.6) is 5.75 Å². The summed E-state index contributed by atoms with van der Waals surface area (Å²) in [5, 5.41) is 12.2. The van der Waals surface area contributed by atoms with E-state index in [1.165, 1.54) is 6.33 Å². The number of aromatic hydroxyl groups is 1. The Kier molecular flexibility index (Phi) is 4.89. The number of nitrogen functional groups attached to an aromatic ring is 1. The lowest BCUT2D eigenvalue weighted by atomic mass is 10.1. The number of rotatable bonds is 3. The maximum atomic E-state index is 10.5. The topological polar surface area (TPSA) is 102 Å². The molecule has 0 amide bonds. The number of pyridine rings is 1. The molecule has 3 N–H and O–H groups in total. The summed E-state index contributed by atoms with van der Waals surface area (Å²) in [7, 11) is 1.78. The molecular weight excluding hydrogens is 404 g/mol. The highest BCUT2D eigenvalue weighted by Crippen LogP contribution is 2.38. The zero-order chi connectivity index (χ0) is 22.6. The van der Waals surface area contributed by atoms with E-state index in [-0.39, 0.29) is 5.75 Å². The van der Waals surface area contributed by atoms with E-state index < -0.39 is 0 Å². The molecule has 1 saturated heterocycles. The van der Waals surface area contributed by atoms with Crippen LogP contribution in [0.4, 0.5) is 11.6 Å². The minimum Gasteiger partial charge on any atom is -0.508 e. The third-order valence-electron chi connectivity index (χ3n) is 6.62. The van der Waals surface area contributed by atoms with Crippen LogP contribution in [-0.2, 0) is 4.74 Å². The Labute approximate surface area is 186 Å². The second kappa shape index (κ2) is 7.63. The third-order valence-corrected chi connectivity index (χ3v) is 6.62. The van der Waals surface area contributed by atoms with E-state index in [9.17, 15) is 5.11 Å². The first-order chi connectivity index (χ1) is 15.4. The van der Waals surface area contributed by atoms with E-state index in [1.807, 2.05) is 24.5 Å². The number of hydrogen-bond acceptors (Lipinski definition) is 7. The van der Waals surface area contributed by atoms with Crippen molar-refractivity contribution < 1.29 is 9.84 Å². The molecule has 8 nitrogen and oxygen atoms in total. The second-order valence-electron chi connectivity index (χ2n) is 8.59. The number of methoxy groups -OCH3 is 1. The highest BCUT2D eigenvalue weighted by atomic mass is 16.5. The van der Waals surface area contributed by atoms with E-state index in [2.05, 4.69) is 27.9 Å². The van der Waals surface area contributed by atoms with Gasteiger partial charge in [0.15, 0.2) is 5.65 Å². The van der Waals surface area contributed by atoms with Crippen LogP contribution in [0.25, 0.3) is 27.8 Å². The Morgan fingerprint density at radius 3 is 2.53 bits per heavy atom. The smallest absolute Gasteiger partial charge is 0.152 e. The number of nitrogens with zero attached hydrogens (tertiary/aromatic N) is 5. The van der Waals surface area contributed by atoms with Crippen LogP contribution in [0.1, 0.15) is 29.5 Å². The summed E-state index contributed by atoms with van der Waals surface area (Å²) < 4.78 is 7.55. The van der Waals surface area contributed by atoms with E-state index in [4.69, 9.17) is 15.5 Å². The molecule has 3 aromatic heterocycles. The molecule has 0 aliphatic carbocycles. The average Bonchev–Trinajstić information content (AvgIpc) is 3.10. The molecule has 1 aliphatic rings. The van der Waals surface area contributed by atoms with Crippen molar-refractivity contribution in [2.75, 3.05) is 30.8 Å². The lowest BCUT2D eigenvalue weighted by molar-refractivity contribution is 0.0818. The Bertz CT molecular complexity index is 1340. The van der Waals surface area contributed by atoms with Crippen LogP contribution in [0.3, 0.4) is 0 Å². The number of aromatic nitrogens is 4. The number of piperidine rings is 1. The maximum Gasteiger partial charge on any atom is 0.152 e. The molecule has 8 heteroatoms. The highest BCUT2D eigenvalue weighted by Gasteiger charge is 2.25. The molecule has 1 aliphatic heterocycles. The molecule has 1 aromatic carbocycles. The predicted molar refractivity (Wildman–Crippen MR) is 127 cm³/mol. The van der Waals surface area contributed by atoms with Gasteiger partial charge in [0.05, 0.1) is 17.2 Å². The van der Waals surface area contributed by atoms with E-state index in [0.29, 0.717) is 17.6 Å². The van der Waals surface area contributed by atoms with Crippen LogP contribution in [-0.4, -0.2) is 50.9 Å². The summed E-state index contributed by atoms with van der Waals surface area (Å²) in [6, 6.07) is 5.75. The van der Waals surface area contributed by atoms with Crippen LogP contribution >= 0.6 is 0 Å². The first kappa shape index (κ1) is 20.5. The van der Waals surface area contributed by atoms with Crippen molar-refractivity contribution in [2.24, 2.45) is 0 Å². The molecule has 0 saturated carbocycles. The van der Waals surface area contributed by atoms with Gasteiger partial charge in [0.1, 0.15) is 29.4 Å². The Balaban J connectivity index is 1.81. The van der Waals surface area contributed by atoms with Crippen molar-refractivity contribution in [3.63, 3.8) is 0 Å². The van der Waals surface area contributed by atoms with Gasteiger partial charge in [0.2, 0.25) is 0 Å². The molecule has 32 heavy (non-hydrogen) atoms. The number of phenols is 1. The molecule has 1 fully saturated rings. The van der Waals surface area contributed by atoms with Crippen molar-refractivity contribution >= 4 is 33.7 Å². The Hall–Kier alpha value is -3.39. The van der Waals surface area contributed by atoms with E-state index in [0.717, 1.165) is 70.5 Å². The summed E-state index contributed by atoms with van der Waals surface area (Å²) in [6.07, 6.45) is 3.72. The van der Waals surface area contributed by atoms with Crippen molar-refractivity contribution in [3.05, 3.63) is 41.2 Å². The van der Waals surface area contributed by atoms with E-state index >= 15 is 0 Å². The molecule has 5 rings (SSSR count). The van der Waals surface area contributed by atoms with Gasteiger partial charge in [-0.05, 0) is 56.9 Å². The molecule has 0 atom stereocenters. The normalized spacial score (nSPS) is 15.2. The number of aryl methyl sites for hydroxylation is 2. The molecule has 4 heterocycles. The number of hydrogen-bond donors (Lipinski definition) is 2. The average molecular weight is 433 g/mol. The third kappa shape index (κ3) is 3.05. The zero-order valence-corrected chi connectivity index (χ0v) is 18.9. The van der Waals surface area contributed by atoms with Gasteiger partial charge in [-0.2, -0.15) is 0 Å². The van der Waals surface area contributed by atoms with Crippen LogP contribution in [0.15, 0.2) is 24.5 Å². The number of fused-ring (bicyclic) bond motifs is 3. The fourth-order valence-corrected chi connectivity index (χ4v) is 4.87. The fourth-order valence-electron chi connectivity index (χ4n) is 4.87. The molecule has 0 spiro atoms. The van der Waals surface area contributed by atoms with Gasteiger partial charge >= 0.3 is 0 Å². The number of nitrogens with two attached hydrogens (primary N) is 1. The maximum absolute atomic E-state index is 10.5. The quantitative estimate of drug-likeness (QED) is 0.508. The first-order valence-corrected chi connectivity index (χ1v) is 10.9. The first-order valence-electron chi connectivity index (χ1n) is 10.9. The van der Waals surface area contributed by atoms with Crippen LogP contribution in [0.2, 0.25) is 0 Å². The van der Waals surface area contributed by atoms with Gasteiger partial charge in [-0.1, -0.05) is 6.07 Å². The molecule has 4 aromatic rings. The fraction of sp³-hybridized carbons (Fsp3) is 0.375. The van der Waals surface area contributed by atoms with Gasteiger partial charge in [0.25, 0.3) is 0 Å². The number of phenolic OH excluding ortho intramolecular Hbond substituents is 1. The molecule has 0 radical (unpaired) electrons. The summed E-state index contributed by atoms with van der Waals surface area (Å²) in [5.41, 5.74) is 11.5. The standard InChI is InChI=1S/C24H28N6O2/c1-13-5-6-18(31)15(3)20(13)30-23-17(19-21(25)26-12-27-24(19)30)11-14(2)22(28-23)29-9-7-16(32-4)8-10-29/h5-6,11-12,16,31H,7-10H2,1-4H3,(H2,25,26,27). The highest BCUT2D eigenvalue weighted by molar-refractivity contribution is 6.12. The molecular formula is C24H28N6O2. The minimum absolute atomic E-state index is 0.233. The SMILES string of the molecule is COC1CCN(c2nc3c(cc2C)c2c(N)ncnc2n3-c2c(C)ccc(O)c2C)CC1. The van der Waals surface area contributed by atoms with Crippen LogP contribution in [0, 0.1) is 20.8 Å². The van der Waals surface area contributed by atoms with Crippen LogP contribution < -0.4 is 10.6 Å². The summed E-state index contributed by atoms with van der Waals surface area (Å²) >= 11 is 0. The number of anilines is 2. The van der Waals surface area contributed by atoms with Crippen molar-refractivity contribution in [1.29, 1.82) is 0 Å². The van der Waals surface area contributed by atoms with Crippen molar-refractivity contribution in [1.82, 2.24) is 19.5 Å². The predicted octanol–water partition coefficient (Wildman–Crippen LogP) is 3.80. The number of benzene rings is 1. The molecule has 166 valence electrons. The van der Waals surface area contributed by atoms with Crippen molar-refractivity contribution in [3.8, 4) is 11.4 Å². The van der Waals surface area contributed by atoms with Gasteiger partial charge < -0.3 is 20.5 Å². The Morgan fingerprint density at radius 2 is 1.81 bits per heavy atom. The summed E-state index contributed by atoms with van der Waals surface area (Å²) in [6.45, 7) is 7.80. The second-order valence-corrected chi connectivity index (χ2v) is 8.59. The molecule has 0 unspecified atom stereocenters. The summed E-state index contributed by atoms with van der Waals surface area (Å²) in [5.74, 6) is 1.61. The zero-order valence-electron chi connectivity index (χ0n) is 18.9. The monoisotopic (exact) mass is 432 g/mol. The van der Waals surface area contributed by atoms with Gasteiger partial charge in [-0.25, -0.2) is 15.0 Å². The summed E-state index contributed by atoms with van der Waals surface area (Å²) in [4.78, 5) is 16.3. The van der Waals surface area contributed by atoms with Gasteiger partial charge in [-0.3, -0.25) is 4.57 Å². The minimum atomic E-state index is 0.233. The van der Waals surface area contributed by atoms with Gasteiger partial charge in [0, 0.05) is 31.1 Å². The van der Waals surface area contributed by atoms with Gasteiger partial charge in [-0.15, -0.1) is 0 Å².